The first-order valence-electron chi connectivity index (χ1n) is 5.19. The van der Waals surface area contributed by atoms with Crippen molar-refractivity contribution in [3.05, 3.63) is 59.7 Å². The summed E-state index contributed by atoms with van der Waals surface area (Å²) in [5.74, 6) is -2.53. The van der Waals surface area contributed by atoms with Gasteiger partial charge >= 0.3 is 0 Å². The van der Waals surface area contributed by atoms with E-state index < -0.39 is 11.6 Å². The standard InChI is InChI=1S/C13H10F2N2O/c14-11-6-7-12(18)10(13(11)15)8-16-17-9-4-2-1-3-5-9/h1-8,17-18H. The summed E-state index contributed by atoms with van der Waals surface area (Å²) in [7, 11) is 0. The van der Waals surface area contributed by atoms with Crippen molar-refractivity contribution >= 4 is 11.9 Å². The van der Waals surface area contributed by atoms with Gasteiger partial charge in [-0.25, -0.2) is 8.78 Å². The Morgan fingerprint density at radius 1 is 1.06 bits per heavy atom. The molecule has 92 valence electrons. The van der Waals surface area contributed by atoms with Crippen LogP contribution in [0, 0.1) is 11.6 Å². The van der Waals surface area contributed by atoms with E-state index in [2.05, 4.69) is 10.5 Å². The lowest BCUT2D eigenvalue weighted by molar-refractivity contribution is 0.453. The second kappa shape index (κ2) is 5.27. The number of phenolic OH excluding ortho intramolecular Hbond substituents is 1. The van der Waals surface area contributed by atoms with Crippen LogP contribution in [0.15, 0.2) is 47.6 Å². The van der Waals surface area contributed by atoms with Gasteiger partial charge in [0.25, 0.3) is 0 Å². The molecule has 18 heavy (non-hydrogen) atoms. The highest BCUT2D eigenvalue weighted by atomic mass is 19.2. The molecule has 5 heteroatoms. The van der Waals surface area contributed by atoms with Crippen molar-refractivity contribution in [2.45, 2.75) is 0 Å². The van der Waals surface area contributed by atoms with Crippen molar-refractivity contribution in [1.29, 1.82) is 0 Å². The molecule has 0 radical (unpaired) electrons. The first-order valence-corrected chi connectivity index (χ1v) is 5.19. The van der Waals surface area contributed by atoms with Crippen LogP contribution in [0.3, 0.4) is 0 Å². The third-order valence-corrected chi connectivity index (χ3v) is 2.27. The zero-order valence-electron chi connectivity index (χ0n) is 9.27. The number of nitrogens with one attached hydrogen (secondary N) is 1. The Morgan fingerprint density at radius 3 is 2.50 bits per heavy atom. The molecule has 0 saturated carbocycles. The highest BCUT2D eigenvalue weighted by molar-refractivity contribution is 5.84. The van der Waals surface area contributed by atoms with Crippen molar-refractivity contribution < 1.29 is 13.9 Å². The van der Waals surface area contributed by atoms with Crippen LogP contribution < -0.4 is 5.43 Å². The van der Waals surface area contributed by atoms with Gasteiger partial charge in [0.15, 0.2) is 11.6 Å². The number of anilines is 1. The Labute approximate surface area is 102 Å². The number of benzene rings is 2. The predicted octanol–water partition coefficient (Wildman–Crippen LogP) is 3.12. The van der Waals surface area contributed by atoms with Gasteiger partial charge in [0.1, 0.15) is 5.75 Å². The number of halogens is 2. The fraction of sp³-hybridized carbons (Fsp3) is 0. The Morgan fingerprint density at radius 2 is 1.78 bits per heavy atom. The van der Waals surface area contributed by atoms with Gasteiger partial charge in [-0.15, -0.1) is 0 Å². The molecule has 0 spiro atoms. The van der Waals surface area contributed by atoms with Crippen LogP contribution in [0.5, 0.6) is 5.75 Å². The zero-order chi connectivity index (χ0) is 13.0. The molecule has 0 saturated heterocycles. The topological polar surface area (TPSA) is 44.6 Å². The zero-order valence-corrected chi connectivity index (χ0v) is 9.27. The molecule has 0 heterocycles. The lowest BCUT2D eigenvalue weighted by Crippen LogP contribution is -1.96. The van der Waals surface area contributed by atoms with Gasteiger partial charge in [0, 0.05) is 0 Å². The summed E-state index contributed by atoms with van der Waals surface area (Å²) in [6.45, 7) is 0. The third-order valence-electron chi connectivity index (χ3n) is 2.27. The van der Waals surface area contributed by atoms with E-state index in [-0.39, 0.29) is 11.3 Å². The van der Waals surface area contributed by atoms with Gasteiger partial charge in [-0.3, -0.25) is 5.43 Å². The van der Waals surface area contributed by atoms with Crippen molar-refractivity contribution in [3.63, 3.8) is 0 Å². The molecule has 0 atom stereocenters. The van der Waals surface area contributed by atoms with Gasteiger partial charge in [0.2, 0.25) is 0 Å². The summed E-state index contributed by atoms with van der Waals surface area (Å²) in [5.41, 5.74) is 3.04. The molecular weight excluding hydrogens is 238 g/mol. The smallest absolute Gasteiger partial charge is 0.171 e. The minimum Gasteiger partial charge on any atom is -0.507 e. The number of hydrogen-bond donors (Lipinski definition) is 2. The molecule has 2 aromatic carbocycles. The monoisotopic (exact) mass is 248 g/mol. The normalized spacial score (nSPS) is 10.8. The first-order chi connectivity index (χ1) is 8.68. The van der Waals surface area contributed by atoms with Crippen LogP contribution in [0.2, 0.25) is 0 Å². The summed E-state index contributed by atoms with van der Waals surface area (Å²) in [6, 6.07) is 10.9. The van der Waals surface area contributed by atoms with Gasteiger partial charge in [-0.2, -0.15) is 5.10 Å². The van der Waals surface area contributed by atoms with Crippen LogP contribution in [0.4, 0.5) is 14.5 Å². The number of aromatic hydroxyl groups is 1. The first kappa shape index (κ1) is 12.0. The number of hydrogen-bond acceptors (Lipinski definition) is 3. The molecule has 0 aliphatic heterocycles. The Kier molecular flexibility index (Phi) is 3.52. The van der Waals surface area contributed by atoms with Gasteiger partial charge in [-0.1, -0.05) is 18.2 Å². The van der Waals surface area contributed by atoms with Crippen molar-refractivity contribution in [2.75, 3.05) is 5.43 Å². The van der Waals surface area contributed by atoms with Crippen LogP contribution >= 0.6 is 0 Å². The van der Waals surface area contributed by atoms with E-state index in [1.54, 1.807) is 24.3 Å². The lowest BCUT2D eigenvalue weighted by atomic mass is 10.2. The van der Waals surface area contributed by atoms with Gasteiger partial charge in [0.05, 0.1) is 17.5 Å². The molecule has 0 bridgehead atoms. The fourth-order valence-electron chi connectivity index (χ4n) is 1.36. The maximum absolute atomic E-state index is 13.3. The van der Waals surface area contributed by atoms with Crippen LogP contribution in [-0.4, -0.2) is 11.3 Å². The highest BCUT2D eigenvalue weighted by Crippen LogP contribution is 2.20. The highest BCUT2D eigenvalue weighted by Gasteiger charge is 2.10. The third kappa shape index (κ3) is 2.63. The molecule has 0 amide bonds. The molecule has 3 nitrogen and oxygen atoms in total. The summed E-state index contributed by atoms with van der Waals surface area (Å²) >= 11 is 0. The number of para-hydroxylation sites is 1. The quantitative estimate of drug-likeness (QED) is 0.647. The molecule has 0 aliphatic carbocycles. The second-order valence-electron chi connectivity index (χ2n) is 3.53. The van der Waals surface area contributed by atoms with E-state index in [1.165, 1.54) is 0 Å². The fourth-order valence-corrected chi connectivity index (χ4v) is 1.36. The Bertz CT molecular complexity index is 571. The molecule has 0 aliphatic rings. The molecule has 0 aromatic heterocycles. The minimum absolute atomic E-state index is 0.293. The SMILES string of the molecule is Oc1ccc(F)c(F)c1C=NNc1ccccc1. The summed E-state index contributed by atoms with van der Waals surface area (Å²) < 4.78 is 26.3. The average Bonchev–Trinajstić information content (AvgIpc) is 2.39. The molecular formula is C13H10F2N2O. The summed E-state index contributed by atoms with van der Waals surface area (Å²) in [4.78, 5) is 0. The number of hydrazone groups is 1. The van der Waals surface area contributed by atoms with Crippen molar-refractivity contribution in [2.24, 2.45) is 5.10 Å². The van der Waals surface area contributed by atoms with E-state index in [0.717, 1.165) is 18.3 Å². The molecule has 2 N–H and O–H groups in total. The van der Waals surface area contributed by atoms with E-state index in [9.17, 15) is 13.9 Å². The molecule has 0 unspecified atom stereocenters. The lowest BCUT2D eigenvalue weighted by Gasteiger charge is -2.02. The number of phenols is 1. The van der Waals surface area contributed by atoms with Crippen molar-refractivity contribution in [3.8, 4) is 5.75 Å². The maximum Gasteiger partial charge on any atom is 0.171 e. The van der Waals surface area contributed by atoms with Crippen LogP contribution in [0.25, 0.3) is 0 Å². The molecule has 2 rings (SSSR count). The maximum atomic E-state index is 13.3. The van der Waals surface area contributed by atoms with Gasteiger partial charge in [-0.05, 0) is 24.3 Å². The Balaban J connectivity index is 2.17. The average molecular weight is 248 g/mol. The van der Waals surface area contributed by atoms with E-state index >= 15 is 0 Å². The van der Waals surface area contributed by atoms with E-state index in [4.69, 9.17) is 0 Å². The number of nitrogens with zero attached hydrogens (tertiary/aromatic N) is 1. The predicted molar refractivity (Wildman–Crippen MR) is 65.7 cm³/mol. The van der Waals surface area contributed by atoms with Crippen molar-refractivity contribution in [1.82, 2.24) is 0 Å². The molecule has 2 aromatic rings. The molecule has 0 fully saturated rings. The van der Waals surface area contributed by atoms with Crippen LogP contribution in [0.1, 0.15) is 5.56 Å². The van der Waals surface area contributed by atoms with E-state index in [0.29, 0.717) is 5.69 Å². The minimum atomic E-state index is -1.13. The van der Waals surface area contributed by atoms with Gasteiger partial charge < -0.3 is 5.11 Å². The Hall–Kier alpha value is -2.43. The van der Waals surface area contributed by atoms with E-state index in [1.807, 2.05) is 6.07 Å². The second-order valence-corrected chi connectivity index (χ2v) is 3.53. The number of rotatable bonds is 3. The summed E-state index contributed by atoms with van der Waals surface area (Å²) in [6.07, 6.45) is 1.03. The largest absolute Gasteiger partial charge is 0.507 e. The van der Waals surface area contributed by atoms with Crippen LogP contribution in [-0.2, 0) is 0 Å². The summed E-state index contributed by atoms with van der Waals surface area (Å²) in [5, 5.41) is 13.1.